The van der Waals surface area contributed by atoms with Crippen molar-refractivity contribution in [3.05, 3.63) is 71.3 Å². The molecule has 6 nitrogen and oxygen atoms in total. The molecule has 2 heterocycles. The zero-order valence-electron chi connectivity index (χ0n) is 17.0. The summed E-state index contributed by atoms with van der Waals surface area (Å²) in [6, 6.07) is 15.3. The molecule has 4 rings (SSSR count). The fourth-order valence-electron chi connectivity index (χ4n) is 4.75. The van der Waals surface area contributed by atoms with Gasteiger partial charge in [-0.15, -0.1) is 0 Å². The van der Waals surface area contributed by atoms with Crippen LogP contribution in [0.2, 0.25) is 0 Å². The molecule has 7 heteroatoms. The van der Waals surface area contributed by atoms with E-state index in [2.05, 4.69) is 0 Å². The lowest BCUT2D eigenvalue weighted by Crippen LogP contribution is -2.65. The van der Waals surface area contributed by atoms with Gasteiger partial charge in [-0.3, -0.25) is 9.59 Å². The Morgan fingerprint density at radius 3 is 2.48 bits per heavy atom. The Hall–Kier alpha value is -2.90. The van der Waals surface area contributed by atoms with Crippen molar-refractivity contribution >= 4 is 34.7 Å². The maximum atomic E-state index is 13.7. The Morgan fingerprint density at radius 2 is 1.77 bits per heavy atom. The zero-order valence-corrected chi connectivity index (χ0v) is 17.8. The number of fused-ring (bicyclic) bond motifs is 3. The number of carboxylic acid groups (broad SMARTS) is 1. The highest BCUT2D eigenvalue weighted by atomic mass is 32.1. The second-order valence-electron chi connectivity index (χ2n) is 8.27. The van der Waals surface area contributed by atoms with E-state index in [1.807, 2.05) is 54.6 Å². The maximum absolute atomic E-state index is 13.7. The molecular weight excluding hydrogens is 412 g/mol. The summed E-state index contributed by atoms with van der Waals surface area (Å²) in [5.74, 6) is -2.35. The number of thiocarbonyl (C=S) groups is 1. The molecule has 2 aromatic rings. The van der Waals surface area contributed by atoms with E-state index in [1.165, 1.54) is 4.90 Å². The Balaban J connectivity index is 1.76. The highest BCUT2D eigenvalue weighted by Crippen LogP contribution is 2.41. The number of carbonyl (C=O) groups excluding carboxylic acids is 2. The van der Waals surface area contributed by atoms with Crippen molar-refractivity contribution in [2.75, 3.05) is 0 Å². The van der Waals surface area contributed by atoms with Crippen LogP contribution in [0.15, 0.2) is 54.6 Å². The Labute approximate surface area is 186 Å². The summed E-state index contributed by atoms with van der Waals surface area (Å²) in [5, 5.41) is 9.80. The smallest absolute Gasteiger partial charge is 0.326 e. The largest absolute Gasteiger partial charge is 0.480 e. The van der Waals surface area contributed by atoms with Crippen molar-refractivity contribution in [1.29, 1.82) is 0 Å². The van der Waals surface area contributed by atoms with E-state index in [0.717, 1.165) is 16.7 Å². The molecule has 160 valence electrons. The standard InChI is InChI=1S/C24H24N2O4S/c25-24(21(27)20(31)13-15-7-2-1-3-8-15)14-16-9-4-5-10-17(16)18-11-6-12-19(22(28)29)26(18)23(24)30/h1-5,7-10,18-19H,6,11-14,25H2,(H,28,29)/t18-,19-,24?/m1/s1. The van der Waals surface area contributed by atoms with Crippen molar-refractivity contribution in [2.45, 2.75) is 49.7 Å². The molecule has 2 aliphatic heterocycles. The van der Waals surface area contributed by atoms with Gasteiger partial charge in [-0.1, -0.05) is 66.8 Å². The number of benzene rings is 2. The third-order valence-corrected chi connectivity index (χ3v) is 6.61. The Kier molecular flexibility index (Phi) is 5.73. The molecule has 0 aliphatic carbocycles. The summed E-state index contributed by atoms with van der Waals surface area (Å²) in [6.07, 6.45) is 1.84. The fraction of sp³-hybridized carbons (Fsp3) is 0.333. The number of nitrogens with zero attached hydrogens (tertiary/aromatic N) is 1. The van der Waals surface area contributed by atoms with Crippen LogP contribution in [0, 0.1) is 0 Å². The van der Waals surface area contributed by atoms with E-state index in [1.54, 1.807) is 0 Å². The minimum Gasteiger partial charge on any atom is -0.480 e. The summed E-state index contributed by atoms with van der Waals surface area (Å²) in [4.78, 5) is 40.6. The normalized spacial score (nSPS) is 25.2. The van der Waals surface area contributed by atoms with Crippen LogP contribution in [0.4, 0.5) is 0 Å². The number of piperidine rings is 1. The van der Waals surface area contributed by atoms with E-state index in [4.69, 9.17) is 18.0 Å². The lowest BCUT2D eigenvalue weighted by molar-refractivity contribution is -0.158. The van der Waals surface area contributed by atoms with Gasteiger partial charge < -0.3 is 15.7 Å². The van der Waals surface area contributed by atoms with Crippen LogP contribution >= 0.6 is 12.2 Å². The van der Waals surface area contributed by atoms with Crippen molar-refractivity contribution in [3.8, 4) is 0 Å². The van der Waals surface area contributed by atoms with Crippen LogP contribution in [0.5, 0.6) is 0 Å². The molecule has 0 saturated carbocycles. The number of hydrogen-bond donors (Lipinski definition) is 2. The third kappa shape index (κ3) is 3.79. The van der Waals surface area contributed by atoms with Crippen LogP contribution in [0.25, 0.3) is 0 Å². The molecule has 0 spiro atoms. The van der Waals surface area contributed by atoms with Gasteiger partial charge in [0.25, 0.3) is 5.91 Å². The molecule has 3 atom stereocenters. The van der Waals surface area contributed by atoms with E-state index in [0.29, 0.717) is 19.3 Å². The predicted molar refractivity (Wildman–Crippen MR) is 120 cm³/mol. The summed E-state index contributed by atoms with van der Waals surface area (Å²) in [7, 11) is 0. The number of rotatable bonds is 5. The number of aliphatic carboxylic acids is 1. The lowest BCUT2D eigenvalue weighted by Gasteiger charge is -2.42. The molecule has 1 fully saturated rings. The number of nitrogens with two attached hydrogens (primary N) is 1. The van der Waals surface area contributed by atoms with Gasteiger partial charge in [0, 0.05) is 12.8 Å². The number of Topliss-reactive ketones (excluding diaryl/α,β-unsaturated/α-hetero) is 1. The summed E-state index contributed by atoms with van der Waals surface area (Å²) < 4.78 is 0. The molecule has 2 aliphatic rings. The number of carboxylic acids is 1. The average Bonchev–Trinajstić information content (AvgIpc) is 2.87. The van der Waals surface area contributed by atoms with Crippen LogP contribution in [0.1, 0.15) is 42.0 Å². The van der Waals surface area contributed by atoms with Gasteiger partial charge in [0.05, 0.1) is 10.9 Å². The molecular formula is C24H24N2O4S. The first-order valence-corrected chi connectivity index (χ1v) is 10.8. The SMILES string of the molecule is NC1(C(=O)C(=S)Cc2ccccc2)Cc2ccccc2[C@H]2CCC[C@H](C(=O)O)N2C1=O. The van der Waals surface area contributed by atoms with E-state index < -0.39 is 35.3 Å². The second kappa shape index (κ2) is 8.32. The molecule has 0 aromatic heterocycles. The summed E-state index contributed by atoms with van der Waals surface area (Å²) >= 11 is 5.42. The molecule has 1 amide bonds. The predicted octanol–water partition coefficient (Wildman–Crippen LogP) is 2.63. The monoisotopic (exact) mass is 436 g/mol. The summed E-state index contributed by atoms with van der Waals surface area (Å²) in [5.41, 5.74) is 7.13. The highest BCUT2D eigenvalue weighted by molar-refractivity contribution is 7.82. The minimum atomic E-state index is -1.93. The zero-order chi connectivity index (χ0) is 22.2. The molecule has 1 saturated heterocycles. The van der Waals surface area contributed by atoms with Crippen molar-refractivity contribution in [3.63, 3.8) is 0 Å². The quantitative estimate of drug-likeness (QED) is 0.552. The number of amides is 1. The van der Waals surface area contributed by atoms with Crippen molar-refractivity contribution in [2.24, 2.45) is 5.73 Å². The van der Waals surface area contributed by atoms with Gasteiger partial charge in [-0.05, 0) is 36.0 Å². The van der Waals surface area contributed by atoms with E-state index in [-0.39, 0.29) is 17.7 Å². The lowest BCUT2D eigenvalue weighted by atomic mass is 9.83. The van der Waals surface area contributed by atoms with E-state index >= 15 is 0 Å². The molecule has 2 aromatic carbocycles. The van der Waals surface area contributed by atoms with Gasteiger partial charge in [0.2, 0.25) is 0 Å². The first kappa shape index (κ1) is 21.3. The molecule has 3 N–H and O–H groups in total. The van der Waals surface area contributed by atoms with Gasteiger partial charge in [0.15, 0.2) is 11.3 Å². The van der Waals surface area contributed by atoms with Crippen LogP contribution in [0.3, 0.4) is 0 Å². The van der Waals surface area contributed by atoms with Gasteiger partial charge in [0.1, 0.15) is 6.04 Å². The van der Waals surface area contributed by atoms with Crippen molar-refractivity contribution in [1.82, 2.24) is 4.90 Å². The van der Waals surface area contributed by atoms with Crippen LogP contribution in [-0.2, 0) is 27.2 Å². The van der Waals surface area contributed by atoms with Crippen molar-refractivity contribution < 1.29 is 19.5 Å². The molecule has 31 heavy (non-hydrogen) atoms. The Bertz CT molecular complexity index is 1050. The molecule has 0 bridgehead atoms. The first-order valence-electron chi connectivity index (χ1n) is 10.4. The second-order valence-corrected chi connectivity index (χ2v) is 8.77. The summed E-state index contributed by atoms with van der Waals surface area (Å²) in [6.45, 7) is 0. The average molecular weight is 437 g/mol. The van der Waals surface area contributed by atoms with Gasteiger partial charge in [-0.25, -0.2) is 4.79 Å². The molecule has 0 radical (unpaired) electrons. The number of hydrogen-bond acceptors (Lipinski definition) is 5. The van der Waals surface area contributed by atoms with Gasteiger partial charge >= 0.3 is 5.97 Å². The third-order valence-electron chi connectivity index (χ3n) is 6.28. The fourth-order valence-corrected chi connectivity index (χ4v) is 5.09. The topological polar surface area (TPSA) is 101 Å². The number of ketones is 1. The minimum absolute atomic E-state index is 0.00485. The maximum Gasteiger partial charge on any atom is 0.326 e. The highest BCUT2D eigenvalue weighted by Gasteiger charge is 2.53. The van der Waals surface area contributed by atoms with E-state index in [9.17, 15) is 19.5 Å². The Morgan fingerprint density at radius 1 is 1.10 bits per heavy atom. The number of carbonyl (C=O) groups is 3. The van der Waals surface area contributed by atoms with Crippen LogP contribution in [-0.4, -0.2) is 44.1 Å². The van der Waals surface area contributed by atoms with Gasteiger partial charge in [-0.2, -0.15) is 0 Å². The first-order chi connectivity index (χ1) is 14.8. The molecule has 1 unspecified atom stereocenters. The van der Waals surface area contributed by atoms with Crippen LogP contribution < -0.4 is 5.73 Å².